The van der Waals surface area contributed by atoms with Crippen LogP contribution in [0, 0.1) is 0 Å². The Morgan fingerprint density at radius 1 is 1.28 bits per heavy atom. The van der Waals surface area contributed by atoms with Gasteiger partial charge in [-0.05, 0) is 27.0 Å². The van der Waals surface area contributed by atoms with E-state index in [1.54, 1.807) is 16.1 Å². The minimum atomic E-state index is -3.24. The van der Waals surface area contributed by atoms with Gasteiger partial charge in [-0.2, -0.15) is 16.1 Å². The summed E-state index contributed by atoms with van der Waals surface area (Å²) in [6, 6.07) is 0. The van der Waals surface area contributed by atoms with E-state index in [-0.39, 0.29) is 42.4 Å². The number of hydrogen-bond acceptors (Lipinski definition) is 5. The van der Waals surface area contributed by atoms with Crippen molar-refractivity contribution < 1.29 is 13.2 Å². The highest BCUT2D eigenvalue weighted by Gasteiger charge is 2.27. The van der Waals surface area contributed by atoms with E-state index in [9.17, 15) is 8.42 Å². The molecule has 1 heterocycles. The van der Waals surface area contributed by atoms with Crippen LogP contribution in [0.25, 0.3) is 0 Å². The molecule has 7 nitrogen and oxygen atoms in total. The zero-order valence-corrected chi connectivity index (χ0v) is 19.7. The van der Waals surface area contributed by atoms with Crippen molar-refractivity contribution in [3.8, 4) is 0 Å². The molecule has 0 unspecified atom stereocenters. The van der Waals surface area contributed by atoms with E-state index in [0.29, 0.717) is 26.2 Å². The van der Waals surface area contributed by atoms with Gasteiger partial charge in [0.1, 0.15) is 0 Å². The van der Waals surface area contributed by atoms with Crippen molar-refractivity contribution >= 4 is 51.7 Å². The molecule has 1 aliphatic rings. The maximum Gasteiger partial charge on any atom is 0.216 e. The fourth-order valence-electron chi connectivity index (χ4n) is 2.36. The lowest BCUT2D eigenvalue weighted by Crippen LogP contribution is -2.54. The van der Waals surface area contributed by atoms with E-state index >= 15 is 0 Å². The SMILES string of the molecule is CCNC(=NCCSC)N1CCN(S(=O)(=O)CCOC(C)C)CC1.I. The average Bonchev–Trinajstić information content (AvgIpc) is 2.54. The Kier molecular flexibility index (Phi) is 13.5. The van der Waals surface area contributed by atoms with E-state index < -0.39 is 10.0 Å². The zero-order chi connectivity index (χ0) is 18.0. The summed E-state index contributed by atoms with van der Waals surface area (Å²) in [5, 5.41) is 3.29. The lowest BCUT2D eigenvalue weighted by Gasteiger charge is -2.35. The van der Waals surface area contributed by atoms with Crippen molar-refractivity contribution in [2.24, 2.45) is 4.99 Å². The van der Waals surface area contributed by atoms with Crippen LogP contribution in [0.15, 0.2) is 4.99 Å². The fraction of sp³-hybridized carbons (Fsp3) is 0.933. The van der Waals surface area contributed by atoms with E-state index in [0.717, 1.165) is 24.8 Å². The summed E-state index contributed by atoms with van der Waals surface area (Å²) in [5.74, 6) is 1.92. The molecule has 1 N–H and O–H groups in total. The maximum atomic E-state index is 12.4. The van der Waals surface area contributed by atoms with E-state index in [4.69, 9.17) is 4.74 Å². The van der Waals surface area contributed by atoms with Gasteiger partial charge in [0.15, 0.2) is 5.96 Å². The molecule has 1 saturated heterocycles. The number of nitrogens with one attached hydrogen (secondary N) is 1. The number of piperazine rings is 1. The van der Waals surface area contributed by atoms with E-state index in [1.165, 1.54) is 0 Å². The number of hydrogen-bond donors (Lipinski definition) is 1. The molecule has 1 fully saturated rings. The number of nitrogens with zero attached hydrogens (tertiary/aromatic N) is 3. The van der Waals surface area contributed by atoms with E-state index in [1.807, 2.05) is 20.8 Å². The Hall–Kier alpha value is 0.220. The molecule has 0 spiro atoms. The summed E-state index contributed by atoms with van der Waals surface area (Å²) in [7, 11) is -3.24. The van der Waals surface area contributed by atoms with Crippen LogP contribution in [0.5, 0.6) is 0 Å². The Morgan fingerprint density at radius 3 is 2.44 bits per heavy atom. The average molecular weight is 508 g/mol. The molecule has 25 heavy (non-hydrogen) atoms. The van der Waals surface area contributed by atoms with Gasteiger partial charge in [-0.3, -0.25) is 4.99 Å². The topological polar surface area (TPSA) is 74.2 Å². The monoisotopic (exact) mass is 508 g/mol. The second-order valence-electron chi connectivity index (χ2n) is 5.85. The van der Waals surface area contributed by atoms with Crippen molar-refractivity contribution in [1.29, 1.82) is 0 Å². The van der Waals surface area contributed by atoms with Crippen molar-refractivity contribution in [2.45, 2.75) is 26.9 Å². The Bertz CT molecular complexity index is 481. The molecule has 0 radical (unpaired) electrons. The van der Waals surface area contributed by atoms with Gasteiger partial charge in [0, 0.05) is 38.5 Å². The Balaban J connectivity index is 0.00000576. The predicted octanol–water partition coefficient (Wildman–Crippen LogP) is 1.31. The van der Waals surface area contributed by atoms with Crippen LogP contribution in [0.1, 0.15) is 20.8 Å². The molecule has 0 aromatic carbocycles. The number of sulfonamides is 1. The van der Waals surface area contributed by atoms with Crippen molar-refractivity contribution in [3.05, 3.63) is 0 Å². The largest absolute Gasteiger partial charge is 0.378 e. The van der Waals surface area contributed by atoms with Gasteiger partial charge in [-0.25, -0.2) is 8.42 Å². The summed E-state index contributed by atoms with van der Waals surface area (Å²) in [5.41, 5.74) is 0. The van der Waals surface area contributed by atoms with Crippen molar-refractivity contribution in [2.75, 3.05) is 63.6 Å². The van der Waals surface area contributed by atoms with Gasteiger partial charge in [0.25, 0.3) is 0 Å². The minimum Gasteiger partial charge on any atom is -0.378 e. The van der Waals surface area contributed by atoms with Crippen LogP contribution in [0.3, 0.4) is 0 Å². The highest BCUT2D eigenvalue weighted by atomic mass is 127. The first kappa shape index (κ1) is 25.2. The second-order valence-corrected chi connectivity index (χ2v) is 8.92. The molecule has 10 heteroatoms. The molecule has 1 aliphatic heterocycles. The summed E-state index contributed by atoms with van der Waals surface area (Å²) in [6.07, 6.45) is 2.12. The minimum absolute atomic E-state index is 0. The standard InChI is InChI=1S/C15H32N4O3S2.HI/c1-5-16-15(17-6-12-23-4)18-7-9-19(10-8-18)24(20,21)13-11-22-14(2)3;/h14H,5-13H2,1-4H3,(H,16,17);1H. The third kappa shape index (κ3) is 9.64. The zero-order valence-electron chi connectivity index (χ0n) is 15.7. The van der Waals surface area contributed by atoms with E-state index in [2.05, 4.69) is 21.5 Å². The number of ether oxygens (including phenoxy) is 1. The molecule has 150 valence electrons. The summed E-state index contributed by atoms with van der Waals surface area (Å²) >= 11 is 1.77. The Morgan fingerprint density at radius 2 is 1.92 bits per heavy atom. The maximum absolute atomic E-state index is 12.4. The number of rotatable bonds is 9. The molecule has 0 bridgehead atoms. The quantitative estimate of drug-likeness (QED) is 0.219. The van der Waals surface area contributed by atoms with Gasteiger partial charge < -0.3 is 15.0 Å². The molecule has 0 atom stereocenters. The third-order valence-electron chi connectivity index (χ3n) is 3.62. The molecular formula is C15H33IN4O3S2. The number of halogens is 1. The lowest BCUT2D eigenvalue weighted by molar-refractivity contribution is 0.0904. The number of thioether (sulfide) groups is 1. The molecule has 0 aromatic heterocycles. The van der Waals surface area contributed by atoms with Crippen LogP contribution in [-0.2, 0) is 14.8 Å². The molecule has 0 aromatic rings. The second kappa shape index (κ2) is 13.4. The number of guanidine groups is 1. The van der Waals surface area contributed by atoms with Gasteiger partial charge in [0.2, 0.25) is 10.0 Å². The summed E-state index contributed by atoms with van der Waals surface area (Å²) < 4.78 is 31.7. The van der Waals surface area contributed by atoms with Crippen LogP contribution < -0.4 is 5.32 Å². The van der Waals surface area contributed by atoms with Crippen LogP contribution in [0.2, 0.25) is 0 Å². The first-order valence-electron chi connectivity index (χ1n) is 8.52. The molecule has 0 saturated carbocycles. The van der Waals surface area contributed by atoms with Crippen LogP contribution in [-0.4, -0.2) is 93.3 Å². The van der Waals surface area contributed by atoms with Gasteiger partial charge in [-0.15, -0.1) is 24.0 Å². The van der Waals surface area contributed by atoms with Crippen molar-refractivity contribution in [3.63, 3.8) is 0 Å². The van der Waals surface area contributed by atoms with Crippen molar-refractivity contribution in [1.82, 2.24) is 14.5 Å². The van der Waals surface area contributed by atoms with Gasteiger partial charge in [0.05, 0.1) is 25.0 Å². The predicted molar refractivity (Wildman–Crippen MR) is 118 cm³/mol. The number of aliphatic imine (C=N–C) groups is 1. The molecule has 1 rings (SSSR count). The first-order valence-corrected chi connectivity index (χ1v) is 11.5. The first-order chi connectivity index (χ1) is 11.4. The Labute approximate surface area is 174 Å². The molecule has 0 aliphatic carbocycles. The van der Waals surface area contributed by atoms with Crippen LogP contribution in [0.4, 0.5) is 0 Å². The third-order valence-corrected chi connectivity index (χ3v) is 6.04. The normalized spacial score (nSPS) is 16.8. The van der Waals surface area contributed by atoms with Crippen LogP contribution >= 0.6 is 35.7 Å². The summed E-state index contributed by atoms with van der Waals surface area (Å²) in [6.45, 7) is 10.0. The molecule has 0 amide bonds. The smallest absolute Gasteiger partial charge is 0.216 e. The van der Waals surface area contributed by atoms with Gasteiger partial charge >= 0.3 is 0 Å². The fourth-order valence-corrected chi connectivity index (χ4v) is 3.92. The van der Waals surface area contributed by atoms with Gasteiger partial charge in [-0.1, -0.05) is 0 Å². The summed E-state index contributed by atoms with van der Waals surface area (Å²) in [4.78, 5) is 6.75. The molecular weight excluding hydrogens is 475 g/mol. The highest BCUT2D eigenvalue weighted by molar-refractivity contribution is 14.0. The highest BCUT2D eigenvalue weighted by Crippen LogP contribution is 2.09. The lowest BCUT2D eigenvalue weighted by atomic mass is 10.4.